The van der Waals surface area contributed by atoms with E-state index in [9.17, 15) is 13.2 Å². The number of rotatable bonds is 6. The highest BCUT2D eigenvalue weighted by Gasteiger charge is 2.26. The fourth-order valence-corrected chi connectivity index (χ4v) is 4.83. The predicted molar refractivity (Wildman–Crippen MR) is 106 cm³/mol. The minimum absolute atomic E-state index is 0.119. The lowest BCUT2D eigenvalue weighted by Crippen LogP contribution is -2.43. The van der Waals surface area contributed by atoms with E-state index in [1.54, 1.807) is 12.1 Å². The van der Waals surface area contributed by atoms with Crippen molar-refractivity contribution in [3.8, 4) is 0 Å². The Morgan fingerprint density at radius 1 is 1.11 bits per heavy atom. The molecule has 0 spiro atoms. The van der Waals surface area contributed by atoms with E-state index in [1.165, 1.54) is 6.07 Å². The average Bonchev–Trinajstić information content (AvgIpc) is 3.08. The monoisotopic (exact) mass is 401 g/mol. The van der Waals surface area contributed by atoms with Crippen molar-refractivity contribution in [3.63, 3.8) is 0 Å². The molecule has 4 rings (SSSR count). The zero-order chi connectivity index (χ0) is 19.6. The Bertz CT molecular complexity index is 957. The van der Waals surface area contributed by atoms with E-state index >= 15 is 0 Å². The lowest BCUT2D eigenvalue weighted by molar-refractivity contribution is -0.115. The van der Waals surface area contributed by atoms with Gasteiger partial charge >= 0.3 is 0 Å². The third-order valence-corrected chi connectivity index (χ3v) is 6.53. The molecule has 0 saturated carbocycles. The topological polar surface area (TPSA) is 87.7 Å². The number of nitrogens with zero attached hydrogens (tertiary/aromatic N) is 1. The van der Waals surface area contributed by atoms with Gasteiger partial charge in [0.15, 0.2) is 0 Å². The number of fused-ring (bicyclic) bond motifs is 1. The first-order valence-electron chi connectivity index (χ1n) is 9.31. The predicted octanol–water partition coefficient (Wildman–Crippen LogP) is 1.53. The molecule has 2 aromatic carbocycles. The number of hydrogen-bond donors (Lipinski definition) is 2. The van der Waals surface area contributed by atoms with Crippen LogP contribution in [0, 0.1) is 0 Å². The maximum absolute atomic E-state index is 13.1. The molecule has 2 aromatic rings. The van der Waals surface area contributed by atoms with Crippen LogP contribution in [0.25, 0.3) is 0 Å². The number of hydrogen-bond acceptors (Lipinski definition) is 5. The normalized spacial score (nSPS) is 18.5. The van der Waals surface area contributed by atoms with Crippen LogP contribution in [-0.4, -0.2) is 52.1 Å². The number of benzene rings is 2. The smallest absolute Gasteiger partial charge is 0.241 e. The summed E-state index contributed by atoms with van der Waals surface area (Å²) < 4.78 is 34.4. The van der Waals surface area contributed by atoms with Crippen LogP contribution in [0.2, 0.25) is 0 Å². The van der Waals surface area contributed by atoms with Crippen molar-refractivity contribution < 1.29 is 17.9 Å². The van der Waals surface area contributed by atoms with E-state index in [4.69, 9.17) is 4.74 Å². The van der Waals surface area contributed by atoms with Gasteiger partial charge < -0.3 is 10.1 Å². The summed E-state index contributed by atoms with van der Waals surface area (Å²) in [4.78, 5) is 13.9. The number of ether oxygens (including phenoxy) is 1. The average molecular weight is 401 g/mol. The van der Waals surface area contributed by atoms with Gasteiger partial charge in [0.1, 0.15) is 0 Å². The second-order valence-corrected chi connectivity index (χ2v) is 8.76. The molecule has 0 bridgehead atoms. The Hall–Kier alpha value is -2.26. The molecule has 8 heteroatoms. The molecule has 2 aliphatic rings. The van der Waals surface area contributed by atoms with Gasteiger partial charge in [-0.2, -0.15) is 0 Å². The van der Waals surface area contributed by atoms with Gasteiger partial charge in [-0.05, 0) is 29.3 Å². The van der Waals surface area contributed by atoms with Gasteiger partial charge in [-0.1, -0.05) is 30.3 Å². The Labute approximate surface area is 164 Å². The van der Waals surface area contributed by atoms with Gasteiger partial charge in [-0.3, -0.25) is 9.69 Å². The second-order valence-electron chi connectivity index (χ2n) is 7.04. The molecule has 0 radical (unpaired) electrons. The van der Waals surface area contributed by atoms with E-state index in [1.807, 2.05) is 30.3 Å². The maximum atomic E-state index is 13.1. The summed E-state index contributed by atoms with van der Waals surface area (Å²) in [5.41, 5.74) is 2.30. The Kier molecular flexibility index (Phi) is 5.45. The van der Waals surface area contributed by atoms with Crippen molar-refractivity contribution in [2.24, 2.45) is 0 Å². The van der Waals surface area contributed by atoms with E-state index in [0.717, 1.165) is 18.7 Å². The molecule has 0 aromatic heterocycles. The molecular formula is C20H23N3O4S. The summed E-state index contributed by atoms with van der Waals surface area (Å²) >= 11 is 0. The minimum Gasteiger partial charge on any atom is -0.379 e. The molecule has 1 amide bonds. The van der Waals surface area contributed by atoms with Crippen LogP contribution in [-0.2, 0) is 26.0 Å². The maximum Gasteiger partial charge on any atom is 0.241 e. The van der Waals surface area contributed by atoms with Crippen molar-refractivity contribution in [2.75, 3.05) is 38.2 Å². The van der Waals surface area contributed by atoms with Gasteiger partial charge in [0.2, 0.25) is 15.9 Å². The fourth-order valence-electron chi connectivity index (χ4n) is 3.57. The van der Waals surface area contributed by atoms with Crippen LogP contribution < -0.4 is 10.0 Å². The molecule has 2 N–H and O–H groups in total. The first-order valence-corrected chi connectivity index (χ1v) is 10.8. The van der Waals surface area contributed by atoms with Crippen LogP contribution in [0.1, 0.15) is 17.2 Å². The van der Waals surface area contributed by atoms with Crippen molar-refractivity contribution in [2.45, 2.75) is 17.4 Å². The van der Waals surface area contributed by atoms with Crippen molar-refractivity contribution >= 4 is 21.6 Å². The zero-order valence-electron chi connectivity index (χ0n) is 15.4. The summed E-state index contributed by atoms with van der Waals surface area (Å²) in [5.74, 6) is -0.119. The molecule has 1 fully saturated rings. The molecule has 148 valence electrons. The summed E-state index contributed by atoms with van der Waals surface area (Å²) in [5, 5.41) is 2.72. The number of morpholine rings is 1. The Morgan fingerprint density at radius 3 is 2.61 bits per heavy atom. The third kappa shape index (κ3) is 4.25. The van der Waals surface area contributed by atoms with Crippen LogP contribution in [0.3, 0.4) is 0 Å². The first-order chi connectivity index (χ1) is 13.5. The summed E-state index contributed by atoms with van der Waals surface area (Å²) in [6.07, 6.45) is 0.203. The van der Waals surface area contributed by atoms with Crippen LogP contribution >= 0.6 is 0 Å². The molecule has 28 heavy (non-hydrogen) atoms. The van der Waals surface area contributed by atoms with E-state index in [2.05, 4.69) is 14.9 Å². The molecule has 2 heterocycles. The molecule has 7 nitrogen and oxygen atoms in total. The highest BCUT2D eigenvalue weighted by atomic mass is 32.2. The molecule has 1 saturated heterocycles. The zero-order valence-corrected chi connectivity index (χ0v) is 16.2. The van der Waals surface area contributed by atoms with Gasteiger partial charge in [-0.15, -0.1) is 0 Å². The summed E-state index contributed by atoms with van der Waals surface area (Å²) in [6.45, 7) is 3.42. The van der Waals surface area contributed by atoms with E-state index in [-0.39, 0.29) is 23.3 Å². The second kappa shape index (κ2) is 8.00. The molecule has 0 aliphatic carbocycles. The first kappa shape index (κ1) is 19.1. The number of sulfonamides is 1. The largest absolute Gasteiger partial charge is 0.379 e. The van der Waals surface area contributed by atoms with Crippen molar-refractivity contribution in [1.29, 1.82) is 0 Å². The Morgan fingerprint density at radius 2 is 1.86 bits per heavy atom. The number of carbonyl (C=O) groups is 1. The quantitative estimate of drug-likeness (QED) is 0.767. The standard InChI is InChI=1S/C20H23N3O4S/c24-20-13-16-12-17(6-7-18(16)21-20)28(25,26)22-19(15-4-2-1-3-5-15)14-23-8-10-27-11-9-23/h1-7,12,19,22H,8-11,13-14H2,(H,21,24)/t19-/m1/s1. The highest BCUT2D eigenvalue weighted by Crippen LogP contribution is 2.27. The lowest BCUT2D eigenvalue weighted by atomic mass is 10.1. The van der Waals surface area contributed by atoms with Crippen LogP contribution in [0.5, 0.6) is 0 Å². The number of amides is 1. The van der Waals surface area contributed by atoms with Crippen LogP contribution in [0.15, 0.2) is 53.4 Å². The number of carbonyl (C=O) groups excluding carboxylic acids is 1. The summed E-state index contributed by atoms with van der Waals surface area (Å²) in [6, 6.07) is 14.0. The SMILES string of the molecule is O=C1Cc2cc(S(=O)(=O)N[C@H](CN3CCOCC3)c3ccccc3)ccc2N1. The molecule has 2 aliphatic heterocycles. The van der Waals surface area contributed by atoms with Gasteiger partial charge in [0.25, 0.3) is 0 Å². The molecular weight excluding hydrogens is 378 g/mol. The third-order valence-electron chi connectivity index (χ3n) is 5.06. The van der Waals surface area contributed by atoms with Gasteiger partial charge in [-0.25, -0.2) is 13.1 Å². The minimum atomic E-state index is -3.74. The van der Waals surface area contributed by atoms with Crippen LogP contribution in [0.4, 0.5) is 5.69 Å². The van der Waals surface area contributed by atoms with Crippen molar-refractivity contribution in [1.82, 2.24) is 9.62 Å². The van der Waals surface area contributed by atoms with E-state index in [0.29, 0.717) is 31.0 Å². The Balaban J connectivity index is 1.58. The number of anilines is 1. The van der Waals surface area contributed by atoms with Gasteiger partial charge in [0, 0.05) is 25.3 Å². The lowest BCUT2D eigenvalue weighted by Gasteiger charge is -2.31. The number of nitrogens with one attached hydrogen (secondary N) is 2. The molecule has 1 atom stereocenters. The summed E-state index contributed by atoms with van der Waals surface area (Å²) in [7, 11) is -3.74. The van der Waals surface area contributed by atoms with Crippen molar-refractivity contribution in [3.05, 3.63) is 59.7 Å². The molecule has 0 unspecified atom stereocenters. The van der Waals surface area contributed by atoms with Gasteiger partial charge in [0.05, 0.1) is 30.6 Å². The fraction of sp³-hybridized carbons (Fsp3) is 0.350. The van der Waals surface area contributed by atoms with E-state index < -0.39 is 10.0 Å². The highest BCUT2D eigenvalue weighted by molar-refractivity contribution is 7.89.